The lowest BCUT2D eigenvalue weighted by atomic mass is 10.2. The van der Waals surface area contributed by atoms with Gasteiger partial charge in [0, 0.05) is 13.2 Å². The molecule has 1 heterocycles. The number of anilines is 2. The first-order valence-corrected chi connectivity index (χ1v) is 6.84. The Morgan fingerprint density at radius 2 is 2.20 bits per heavy atom. The van der Waals surface area contributed by atoms with Gasteiger partial charge in [-0.15, -0.1) is 0 Å². The minimum absolute atomic E-state index is 0.157. The lowest BCUT2D eigenvalue weighted by molar-refractivity contribution is 0.601. The molecule has 3 N–H and O–H groups in total. The molecule has 0 aliphatic heterocycles. The molecule has 0 saturated carbocycles. The Morgan fingerprint density at radius 3 is 2.75 bits per heavy atom. The predicted octanol–water partition coefficient (Wildman–Crippen LogP) is 0.814. The highest BCUT2D eigenvalue weighted by Gasteiger charge is 2.22. The molecule has 0 radical (unpaired) electrons. The Kier molecular flexibility index (Phi) is 3.33. The molecule has 1 aromatic heterocycles. The van der Waals surface area contributed by atoms with Gasteiger partial charge in [0.2, 0.25) is 0 Å². The summed E-state index contributed by atoms with van der Waals surface area (Å²) < 4.78 is 41.1. The van der Waals surface area contributed by atoms with Crippen molar-refractivity contribution < 1.29 is 12.8 Å². The van der Waals surface area contributed by atoms with E-state index >= 15 is 0 Å². The van der Waals surface area contributed by atoms with Crippen molar-refractivity contribution in [3.05, 3.63) is 35.8 Å². The second-order valence-corrected chi connectivity index (χ2v) is 5.58. The van der Waals surface area contributed by atoms with E-state index in [2.05, 4.69) is 9.82 Å². The fraction of sp³-hybridized carbons (Fsp3) is 0.0909. The van der Waals surface area contributed by atoms with Crippen LogP contribution in [0.2, 0.25) is 0 Å². The zero-order valence-corrected chi connectivity index (χ0v) is 11.1. The largest absolute Gasteiger partial charge is 0.381 e. The fourth-order valence-corrected chi connectivity index (χ4v) is 2.79. The smallest absolute Gasteiger partial charge is 0.267 e. The number of nitrogens with two attached hydrogens (primary N) is 1. The molecule has 0 amide bonds. The van der Waals surface area contributed by atoms with Crippen LogP contribution in [0.1, 0.15) is 5.56 Å². The molecule has 0 fully saturated rings. The summed E-state index contributed by atoms with van der Waals surface area (Å²) in [4.78, 5) is -0.242. The molecule has 0 aliphatic carbocycles. The van der Waals surface area contributed by atoms with Gasteiger partial charge in [0.25, 0.3) is 10.0 Å². The van der Waals surface area contributed by atoms with Crippen LogP contribution in [0.5, 0.6) is 0 Å². The normalized spacial score (nSPS) is 11.1. The van der Waals surface area contributed by atoms with Gasteiger partial charge in [-0.3, -0.25) is 9.40 Å². The van der Waals surface area contributed by atoms with Crippen molar-refractivity contribution in [2.75, 3.05) is 10.5 Å². The van der Waals surface area contributed by atoms with Crippen LogP contribution in [-0.2, 0) is 17.1 Å². The van der Waals surface area contributed by atoms with Crippen LogP contribution in [0.15, 0.2) is 29.3 Å². The number of nitriles is 1. The van der Waals surface area contributed by atoms with E-state index in [1.807, 2.05) is 0 Å². The van der Waals surface area contributed by atoms with Crippen LogP contribution in [0.25, 0.3) is 0 Å². The van der Waals surface area contributed by atoms with E-state index in [1.165, 1.54) is 30.1 Å². The standard InChI is InChI=1S/C11H10FN5O2S/c1-17-6-10(11(14)15-17)20(18,19)16-9-4-2-3-8(12)7(9)5-13/h2-4,6,16H,1H3,(H2,14,15). The quantitative estimate of drug-likeness (QED) is 0.870. The average Bonchev–Trinajstić information content (AvgIpc) is 2.69. The molecule has 0 aliphatic rings. The van der Waals surface area contributed by atoms with Crippen LogP contribution in [0, 0.1) is 17.1 Å². The number of halogens is 1. The molecule has 0 unspecified atom stereocenters. The van der Waals surface area contributed by atoms with Gasteiger partial charge < -0.3 is 5.73 Å². The summed E-state index contributed by atoms with van der Waals surface area (Å²) in [6, 6.07) is 5.24. The zero-order chi connectivity index (χ0) is 14.9. The minimum atomic E-state index is -4.05. The van der Waals surface area contributed by atoms with Crippen molar-refractivity contribution in [2.24, 2.45) is 7.05 Å². The number of hydrogen-bond donors (Lipinski definition) is 2. The maximum absolute atomic E-state index is 13.4. The molecular weight excluding hydrogens is 285 g/mol. The Labute approximate surface area is 114 Å². The number of benzene rings is 1. The molecule has 2 aromatic rings. The lowest BCUT2D eigenvalue weighted by Crippen LogP contribution is -2.15. The number of nitrogen functional groups attached to an aromatic ring is 1. The van der Waals surface area contributed by atoms with E-state index in [0.29, 0.717) is 0 Å². The van der Waals surface area contributed by atoms with Crippen molar-refractivity contribution in [3.8, 4) is 6.07 Å². The topological polar surface area (TPSA) is 114 Å². The summed E-state index contributed by atoms with van der Waals surface area (Å²) in [6.45, 7) is 0. The first-order valence-electron chi connectivity index (χ1n) is 5.35. The highest BCUT2D eigenvalue weighted by molar-refractivity contribution is 7.92. The van der Waals surface area contributed by atoms with Gasteiger partial charge in [0.05, 0.1) is 5.69 Å². The van der Waals surface area contributed by atoms with Gasteiger partial charge >= 0.3 is 0 Å². The summed E-state index contributed by atoms with van der Waals surface area (Å²) in [5.74, 6) is -0.998. The molecule has 0 saturated heterocycles. The monoisotopic (exact) mass is 295 g/mol. The summed E-state index contributed by atoms with van der Waals surface area (Å²) >= 11 is 0. The number of nitrogens with one attached hydrogen (secondary N) is 1. The van der Waals surface area contributed by atoms with E-state index in [9.17, 15) is 12.8 Å². The summed E-state index contributed by atoms with van der Waals surface area (Å²) in [7, 11) is -2.54. The van der Waals surface area contributed by atoms with Gasteiger partial charge in [-0.2, -0.15) is 10.4 Å². The van der Waals surface area contributed by atoms with Crippen molar-refractivity contribution in [1.29, 1.82) is 5.26 Å². The first kappa shape index (κ1) is 13.8. The Bertz CT molecular complexity index is 807. The number of hydrogen-bond acceptors (Lipinski definition) is 5. The number of aryl methyl sites for hydroxylation is 1. The molecule has 0 atom stereocenters. The van der Waals surface area contributed by atoms with Crippen molar-refractivity contribution in [1.82, 2.24) is 9.78 Å². The SMILES string of the molecule is Cn1cc(S(=O)(=O)Nc2cccc(F)c2C#N)c(N)n1. The van der Waals surface area contributed by atoms with E-state index in [0.717, 1.165) is 6.07 Å². The van der Waals surface area contributed by atoms with E-state index in [4.69, 9.17) is 11.0 Å². The highest BCUT2D eigenvalue weighted by atomic mass is 32.2. The van der Waals surface area contributed by atoms with Gasteiger partial charge in [-0.1, -0.05) is 6.07 Å². The van der Waals surface area contributed by atoms with Crippen molar-refractivity contribution in [3.63, 3.8) is 0 Å². The Balaban J connectivity index is 2.47. The molecule has 0 bridgehead atoms. The van der Waals surface area contributed by atoms with E-state index in [-0.39, 0.29) is 16.4 Å². The Morgan fingerprint density at radius 1 is 1.50 bits per heavy atom. The lowest BCUT2D eigenvalue weighted by Gasteiger charge is -2.08. The predicted molar refractivity (Wildman–Crippen MR) is 69.5 cm³/mol. The minimum Gasteiger partial charge on any atom is -0.381 e. The zero-order valence-electron chi connectivity index (χ0n) is 10.3. The third kappa shape index (κ3) is 2.41. The number of nitrogens with zero attached hydrogens (tertiary/aromatic N) is 3. The molecule has 20 heavy (non-hydrogen) atoms. The maximum Gasteiger partial charge on any atom is 0.267 e. The van der Waals surface area contributed by atoms with Crippen LogP contribution in [0.3, 0.4) is 0 Å². The van der Waals surface area contributed by atoms with Gasteiger partial charge in [0.1, 0.15) is 22.3 Å². The second kappa shape index (κ2) is 4.82. The second-order valence-electron chi connectivity index (χ2n) is 3.93. The third-order valence-corrected chi connectivity index (χ3v) is 3.86. The molecule has 7 nitrogen and oxygen atoms in total. The van der Waals surface area contributed by atoms with Gasteiger partial charge in [-0.05, 0) is 12.1 Å². The van der Waals surface area contributed by atoms with Gasteiger partial charge in [-0.25, -0.2) is 12.8 Å². The molecule has 2 rings (SSSR count). The summed E-state index contributed by atoms with van der Waals surface area (Å²) in [6.07, 6.45) is 1.21. The van der Waals surface area contributed by atoms with E-state index < -0.39 is 21.4 Å². The molecule has 1 aromatic carbocycles. The highest BCUT2D eigenvalue weighted by Crippen LogP contribution is 2.23. The van der Waals surface area contributed by atoms with Crippen LogP contribution < -0.4 is 10.5 Å². The average molecular weight is 295 g/mol. The number of sulfonamides is 1. The molecule has 9 heteroatoms. The van der Waals surface area contributed by atoms with Crippen LogP contribution in [-0.4, -0.2) is 18.2 Å². The van der Waals surface area contributed by atoms with Crippen LogP contribution >= 0.6 is 0 Å². The van der Waals surface area contributed by atoms with E-state index in [1.54, 1.807) is 6.07 Å². The number of rotatable bonds is 3. The number of aromatic nitrogens is 2. The maximum atomic E-state index is 13.4. The van der Waals surface area contributed by atoms with Crippen molar-refractivity contribution in [2.45, 2.75) is 4.90 Å². The molecule has 0 spiro atoms. The molecule has 104 valence electrons. The Hall–Kier alpha value is -2.60. The van der Waals surface area contributed by atoms with Crippen molar-refractivity contribution >= 4 is 21.5 Å². The summed E-state index contributed by atoms with van der Waals surface area (Å²) in [5, 5.41) is 12.6. The first-order chi connectivity index (χ1) is 9.35. The molecular formula is C11H10FN5O2S. The van der Waals surface area contributed by atoms with Gasteiger partial charge in [0.15, 0.2) is 5.82 Å². The van der Waals surface area contributed by atoms with Crippen LogP contribution in [0.4, 0.5) is 15.9 Å². The fourth-order valence-electron chi connectivity index (χ4n) is 1.61. The third-order valence-electron chi connectivity index (χ3n) is 2.48. The summed E-state index contributed by atoms with van der Waals surface area (Å²) in [5.41, 5.74) is 4.94.